The van der Waals surface area contributed by atoms with E-state index in [-0.39, 0.29) is 18.0 Å². The third-order valence-electron chi connectivity index (χ3n) is 3.97. The average Bonchev–Trinajstić information content (AvgIpc) is 3.03. The Morgan fingerprint density at radius 2 is 1.92 bits per heavy atom. The van der Waals surface area contributed by atoms with Crippen LogP contribution in [0.1, 0.15) is 27.7 Å². The number of aromatic nitrogens is 2. The molecule has 2 aromatic heterocycles. The lowest BCUT2D eigenvalue weighted by atomic mass is 10.1. The molecular formula is C20H24N4OS. The molecule has 3 aromatic rings. The molecule has 0 saturated carbocycles. The van der Waals surface area contributed by atoms with Crippen LogP contribution in [0.3, 0.4) is 0 Å². The monoisotopic (exact) mass is 368 g/mol. The highest BCUT2D eigenvalue weighted by Crippen LogP contribution is 2.37. The fourth-order valence-electron chi connectivity index (χ4n) is 2.90. The van der Waals surface area contributed by atoms with Gasteiger partial charge in [-0.2, -0.15) is 0 Å². The molecule has 0 saturated heterocycles. The van der Waals surface area contributed by atoms with Gasteiger partial charge in [-0.25, -0.2) is 9.97 Å². The first-order valence-corrected chi connectivity index (χ1v) is 9.60. The van der Waals surface area contributed by atoms with Gasteiger partial charge in [0.2, 0.25) is 5.91 Å². The van der Waals surface area contributed by atoms with E-state index in [1.165, 1.54) is 0 Å². The third kappa shape index (κ3) is 4.02. The number of fused-ring (bicyclic) bond motifs is 1. The van der Waals surface area contributed by atoms with Crippen molar-refractivity contribution in [3.63, 3.8) is 0 Å². The smallest absolute Gasteiger partial charge is 0.239 e. The molecule has 0 aliphatic carbocycles. The van der Waals surface area contributed by atoms with Gasteiger partial charge in [-0.3, -0.25) is 4.79 Å². The molecule has 0 aliphatic rings. The summed E-state index contributed by atoms with van der Waals surface area (Å²) in [6, 6.07) is 10.2. The van der Waals surface area contributed by atoms with Crippen LogP contribution in [0.25, 0.3) is 21.3 Å². The summed E-state index contributed by atoms with van der Waals surface area (Å²) in [5, 5.41) is 6.14. The van der Waals surface area contributed by atoms with E-state index in [4.69, 9.17) is 0 Å². The van der Waals surface area contributed by atoms with Crippen molar-refractivity contribution < 1.29 is 4.79 Å². The van der Waals surface area contributed by atoms with Gasteiger partial charge in [0.05, 0.1) is 11.9 Å². The van der Waals surface area contributed by atoms with Gasteiger partial charge in [-0.15, -0.1) is 11.3 Å². The number of hydrogen-bond acceptors (Lipinski definition) is 5. The van der Waals surface area contributed by atoms with E-state index in [0.29, 0.717) is 6.54 Å². The van der Waals surface area contributed by atoms with Crippen molar-refractivity contribution in [3.05, 3.63) is 42.0 Å². The van der Waals surface area contributed by atoms with Gasteiger partial charge in [0.15, 0.2) is 0 Å². The lowest BCUT2D eigenvalue weighted by Crippen LogP contribution is -2.46. The molecule has 0 radical (unpaired) electrons. The number of nitrogens with zero attached hydrogens (tertiary/aromatic N) is 3. The number of rotatable bonds is 5. The lowest BCUT2D eigenvalue weighted by molar-refractivity contribution is -0.121. The van der Waals surface area contributed by atoms with Gasteiger partial charge >= 0.3 is 0 Å². The van der Waals surface area contributed by atoms with Gasteiger partial charge in [-0.05, 0) is 33.3 Å². The van der Waals surface area contributed by atoms with Crippen molar-refractivity contribution in [1.29, 1.82) is 0 Å². The zero-order chi connectivity index (χ0) is 18.7. The van der Waals surface area contributed by atoms with Crippen molar-refractivity contribution in [2.75, 3.05) is 18.0 Å². The largest absolute Gasteiger partial charge is 0.350 e. The number of carbonyl (C=O) groups is 1. The van der Waals surface area contributed by atoms with Crippen molar-refractivity contribution in [2.45, 2.75) is 33.2 Å². The van der Waals surface area contributed by atoms with Crippen molar-refractivity contribution in [2.24, 2.45) is 0 Å². The SMILES string of the molecule is CCN(CC(=O)NC(C)(C)C)c1ncnc2scc(-c3ccccc3)c12. The fourth-order valence-corrected chi connectivity index (χ4v) is 3.81. The molecule has 136 valence electrons. The maximum absolute atomic E-state index is 12.4. The first-order chi connectivity index (χ1) is 12.4. The molecule has 0 fully saturated rings. The van der Waals surface area contributed by atoms with Crippen LogP contribution in [0, 0.1) is 0 Å². The summed E-state index contributed by atoms with van der Waals surface area (Å²) < 4.78 is 0. The van der Waals surface area contributed by atoms with E-state index in [9.17, 15) is 4.79 Å². The molecule has 0 aliphatic heterocycles. The van der Waals surface area contributed by atoms with E-state index in [1.807, 2.05) is 50.8 Å². The van der Waals surface area contributed by atoms with Crippen LogP contribution in [0.2, 0.25) is 0 Å². The number of carbonyl (C=O) groups excluding carboxylic acids is 1. The number of likely N-dealkylation sites (N-methyl/N-ethyl adjacent to an activating group) is 1. The molecule has 5 nitrogen and oxygen atoms in total. The summed E-state index contributed by atoms with van der Waals surface area (Å²) in [4.78, 5) is 24.3. The highest BCUT2D eigenvalue weighted by molar-refractivity contribution is 7.17. The maximum Gasteiger partial charge on any atom is 0.239 e. The van der Waals surface area contributed by atoms with Crippen LogP contribution in [0.4, 0.5) is 5.82 Å². The number of nitrogens with one attached hydrogen (secondary N) is 1. The quantitative estimate of drug-likeness (QED) is 0.737. The second kappa shape index (κ2) is 7.41. The molecule has 1 N–H and O–H groups in total. The number of benzene rings is 1. The molecule has 0 unspecified atom stereocenters. The van der Waals surface area contributed by atoms with Crippen LogP contribution >= 0.6 is 11.3 Å². The Balaban J connectivity index is 2.01. The molecule has 1 amide bonds. The van der Waals surface area contributed by atoms with Gasteiger partial charge in [0.25, 0.3) is 0 Å². The number of hydrogen-bond donors (Lipinski definition) is 1. The Bertz CT molecular complexity index is 899. The summed E-state index contributed by atoms with van der Waals surface area (Å²) in [7, 11) is 0. The molecular weight excluding hydrogens is 344 g/mol. The number of amides is 1. The summed E-state index contributed by atoms with van der Waals surface area (Å²) in [5.74, 6) is 0.796. The highest BCUT2D eigenvalue weighted by Gasteiger charge is 2.21. The Labute approximate surface area is 158 Å². The minimum absolute atomic E-state index is 0.0115. The van der Waals surface area contributed by atoms with Gasteiger partial charge in [0, 0.05) is 23.0 Å². The van der Waals surface area contributed by atoms with Gasteiger partial charge < -0.3 is 10.2 Å². The number of anilines is 1. The molecule has 6 heteroatoms. The van der Waals surface area contributed by atoms with Crippen LogP contribution in [0.15, 0.2) is 42.0 Å². The van der Waals surface area contributed by atoms with Gasteiger partial charge in [0.1, 0.15) is 17.0 Å². The lowest BCUT2D eigenvalue weighted by Gasteiger charge is -2.26. The van der Waals surface area contributed by atoms with E-state index >= 15 is 0 Å². The van der Waals surface area contributed by atoms with E-state index in [0.717, 1.165) is 27.2 Å². The van der Waals surface area contributed by atoms with E-state index in [2.05, 4.69) is 32.8 Å². The molecule has 3 rings (SSSR count). The Morgan fingerprint density at radius 1 is 1.19 bits per heavy atom. The predicted molar refractivity (Wildman–Crippen MR) is 109 cm³/mol. The average molecular weight is 369 g/mol. The molecule has 1 aromatic carbocycles. The second-order valence-electron chi connectivity index (χ2n) is 7.21. The van der Waals surface area contributed by atoms with Crippen LogP contribution < -0.4 is 10.2 Å². The van der Waals surface area contributed by atoms with Crippen molar-refractivity contribution >= 4 is 33.3 Å². The highest BCUT2D eigenvalue weighted by atomic mass is 32.1. The third-order valence-corrected chi connectivity index (χ3v) is 4.85. The maximum atomic E-state index is 12.4. The van der Waals surface area contributed by atoms with Crippen molar-refractivity contribution in [3.8, 4) is 11.1 Å². The fraction of sp³-hybridized carbons (Fsp3) is 0.350. The minimum atomic E-state index is -0.255. The standard InChI is InChI=1S/C20H24N4OS/c1-5-24(11-16(25)23-20(2,3)4)18-17-15(14-9-7-6-8-10-14)12-26-19(17)22-13-21-18/h6-10,12-13H,5,11H2,1-4H3,(H,23,25). The van der Waals surface area contributed by atoms with E-state index in [1.54, 1.807) is 17.7 Å². The zero-order valence-electron chi connectivity index (χ0n) is 15.6. The van der Waals surface area contributed by atoms with Crippen LogP contribution in [-0.2, 0) is 4.79 Å². The van der Waals surface area contributed by atoms with E-state index < -0.39 is 0 Å². The van der Waals surface area contributed by atoms with Crippen LogP contribution in [-0.4, -0.2) is 34.5 Å². The minimum Gasteiger partial charge on any atom is -0.350 e. The van der Waals surface area contributed by atoms with Gasteiger partial charge in [-0.1, -0.05) is 30.3 Å². The normalized spacial score (nSPS) is 11.5. The zero-order valence-corrected chi connectivity index (χ0v) is 16.4. The predicted octanol–water partition coefficient (Wildman–Crippen LogP) is 4.10. The summed E-state index contributed by atoms with van der Waals surface area (Å²) in [5.41, 5.74) is 1.98. The first kappa shape index (κ1) is 18.3. The van der Waals surface area contributed by atoms with Crippen molar-refractivity contribution in [1.82, 2.24) is 15.3 Å². The Kier molecular flexibility index (Phi) is 5.23. The Morgan fingerprint density at radius 3 is 2.58 bits per heavy atom. The van der Waals surface area contributed by atoms with Crippen LogP contribution in [0.5, 0.6) is 0 Å². The summed E-state index contributed by atoms with van der Waals surface area (Å²) in [6.45, 7) is 8.94. The first-order valence-electron chi connectivity index (χ1n) is 8.72. The topological polar surface area (TPSA) is 58.1 Å². The summed E-state index contributed by atoms with van der Waals surface area (Å²) in [6.07, 6.45) is 1.58. The summed E-state index contributed by atoms with van der Waals surface area (Å²) >= 11 is 1.60. The molecule has 26 heavy (non-hydrogen) atoms. The second-order valence-corrected chi connectivity index (χ2v) is 8.06. The molecule has 2 heterocycles. The number of thiophene rings is 1. The Hall–Kier alpha value is -2.47. The molecule has 0 spiro atoms. The molecule has 0 bridgehead atoms. The molecule has 0 atom stereocenters.